The maximum absolute atomic E-state index is 13.2. The third-order valence-electron chi connectivity index (χ3n) is 20.9. The minimum atomic E-state index is -4.97. The zero-order valence-corrected chi connectivity index (χ0v) is 72.6. The molecule has 0 amide bonds. The van der Waals surface area contributed by atoms with Crippen LogP contribution in [0.25, 0.3) is 0 Å². The van der Waals surface area contributed by atoms with Gasteiger partial charge in [-0.2, -0.15) is 0 Å². The molecule has 0 aliphatic rings. The van der Waals surface area contributed by atoms with E-state index >= 15 is 0 Å². The highest BCUT2D eigenvalue weighted by Gasteiger charge is 2.31. The van der Waals surface area contributed by atoms with Gasteiger partial charge in [-0.3, -0.25) is 37.3 Å². The number of hydrogen-bond acceptors (Lipinski definition) is 15. The van der Waals surface area contributed by atoms with Gasteiger partial charge in [0.25, 0.3) is 0 Å². The summed E-state index contributed by atoms with van der Waals surface area (Å²) in [5.74, 6) is 1.04. The van der Waals surface area contributed by atoms with E-state index in [1.54, 1.807) is 0 Å². The summed E-state index contributed by atoms with van der Waals surface area (Å²) in [4.78, 5) is 73.2. The molecule has 3 N–H and O–H groups in total. The molecule has 3 unspecified atom stereocenters. The lowest BCUT2D eigenvalue weighted by Gasteiger charge is -2.21. The lowest BCUT2D eigenvalue weighted by atomic mass is 9.99. The van der Waals surface area contributed by atoms with Crippen molar-refractivity contribution in [3.63, 3.8) is 0 Å². The second-order valence-electron chi connectivity index (χ2n) is 33.3. The first-order valence-corrected chi connectivity index (χ1v) is 48.2. The molecular weight excluding hydrogens is 1390 g/mol. The standard InChI is InChI=1S/C88H172O17P2/c1-9-81(8)67-59-51-42-36-30-23-19-15-11-13-17-21-25-32-38-44-54-62-70-87(92)104-83(74-98-85(90)68-60-52-43-37-31-24-20-16-12-10-14-18-22-28-34-40-48-56-64-78(2)3)76-102-106(94,95)100-72-82(89)73-101-107(96,97)103-77-84(75-99-86(91)69-61-53-47-46-50-58-66-80(6)7)105-88(93)71-63-55-45-39-33-27-26-29-35-41-49-57-65-79(4)5/h78-84,89H,9-77H2,1-8H3,(H,94,95)(H,96,97)/t81?,82-,83-,84-/m1/s1. The molecule has 0 fully saturated rings. The molecule has 636 valence electrons. The Morgan fingerprint density at radius 2 is 0.449 bits per heavy atom. The topological polar surface area (TPSA) is 237 Å². The molecule has 0 bridgehead atoms. The van der Waals surface area contributed by atoms with E-state index in [0.29, 0.717) is 31.6 Å². The van der Waals surface area contributed by atoms with E-state index in [-0.39, 0.29) is 25.7 Å². The van der Waals surface area contributed by atoms with Crippen molar-refractivity contribution in [1.29, 1.82) is 0 Å². The zero-order valence-electron chi connectivity index (χ0n) is 70.8. The van der Waals surface area contributed by atoms with Crippen LogP contribution in [0.4, 0.5) is 0 Å². The van der Waals surface area contributed by atoms with Crippen LogP contribution in [-0.2, 0) is 65.4 Å². The van der Waals surface area contributed by atoms with E-state index in [2.05, 4.69) is 55.4 Å². The first kappa shape index (κ1) is 105. The number of ether oxygens (including phenoxy) is 4. The number of unbranched alkanes of at least 4 members (excludes halogenated alkanes) is 50. The van der Waals surface area contributed by atoms with Gasteiger partial charge in [0.15, 0.2) is 12.2 Å². The molecule has 0 radical (unpaired) electrons. The van der Waals surface area contributed by atoms with Crippen LogP contribution in [-0.4, -0.2) is 96.7 Å². The summed E-state index contributed by atoms with van der Waals surface area (Å²) in [5.41, 5.74) is 0. The number of carbonyl (C=O) groups is 4. The van der Waals surface area contributed by atoms with Crippen molar-refractivity contribution >= 4 is 39.5 Å². The summed E-state index contributed by atoms with van der Waals surface area (Å²) in [6, 6.07) is 0. The van der Waals surface area contributed by atoms with Gasteiger partial charge in [0, 0.05) is 25.7 Å². The summed E-state index contributed by atoms with van der Waals surface area (Å²) in [6.07, 6.45) is 66.9. The average molecular weight is 1560 g/mol. The zero-order chi connectivity index (χ0) is 78.8. The average Bonchev–Trinajstić information content (AvgIpc) is 0.900. The second kappa shape index (κ2) is 76.7. The molecule has 0 saturated carbocycles. The summed E-state index contributed by atoms with van der Waals surface area (Å²) in [7, 11) is -9.93. The van der Waals surface area contributed by atoms with Gasteiger partial charge in [-0.15, -0.1) is 0 Å². The Morgan fingerprint density at radius 1 is 0.262 bits per heavy atom. The molecule has 6 atom stereocenters. The van der Waals surface area contributed by atoms with Crippen molar-refractivity contribution in [1.82, 2.24) is 0 Å². The molecule has 0 aromatic heterocycles. The largest absolute Gasteiger partial charge is 0.472 e. The number of carbonyl (C=O) groups excluding carboxylic acids is 4. The smallest absolute Gasteiger partial charge is 0.462 e. The highest BCUT2D eigenvalue weighted by atomic mass is 31.2. The van der Waals surface area contributed by atoms with Crippen LogP contribution < -0.4 is 0 Å². The Balaban J connectivity index is 5.20. The van der Waals surface area contributed by atoms with Crippen molar-refractivity contribution in [3.8, 4) is 0 Å². The maximum Gasteiger partial charge on any atom is 0.472 e. The number of rotatable bonds is 85. The highest BCUT2D eigenvalue weighted by Crippen LogP contribution is 2.45. The first-order chi connectivity index (χ1) is 51.6. The quantitative estimate of drug-likeness (QED) is 0.0222. The fourth-order valence-corrected chi connectivity index (χ4v) is 15.2. The summed E-state index contributed by atoms with van der Waals surface area (Å²) in [6.45, 7) is 14.3. The van der Waals surface area contributed by atoms with Crippen molar-refractivity contribution in [2.45, 2.75) is 478 Å². The second-order valence-corrected chi connectivity index (χ2v) is 36.2. The lowest BCUT2D eigenvalue weighted by molar-refractivity contribution is -0.161. The monoisotopic (exact) mass is 1560 g/mol. The van der Waals surface area contributed by atoms with Gasteiger partial charge in [0.05, 0.1) is 26.4 Å². The van der Waals surface area contributed by atoms with Crippen LogP contribution in [0.15, 0.2) is 0 Å². The van der Waals surface area contributed by atoms with Gasteiger partial charge in [-0.25, -0.2) is 9.13 Å². The van der Waals surface area contributed by atoms with Gasteiger partial charge in [-0.1, -0.05) is 409 Å². The van der Waals surface area contributed by atoms with Crippen LogP contribution in [0.5, 0.6) is 0 Å². The molecule has 0 aromatic carbocycles. The van der Waals surface area contributed by atoms with Gasteiger partial charge in [0.1, 0.15) is 19.3 Å². The molecule has 0 aliphatic carbocycles. The van der Waals surface area contributed by atoms with E-state index < -0.39 is 97.5 Å². The van der Waals surface area contributed by atoms with E-state index in [1.807, 2.05) is 0 Å². The predicted molar refractivity (Wildman–Crippen MR) is 441 cm³/mol. The number of phosphoric acid groups is 2. The molecule has 0 rings (SSSR count). The molecular formula is C88H172O17P2. The van der Waals surface area contributed by atoms with Gasteiger partial charge in [0.2, 0.25) is 0 Å². The van der Waals surface area contributed by atoms with E-state index in [4.69, 9.17) is 37.0 Å². The molecule has 0 spiro atoms. The third-order valence-corrected chi connectivity index (χ3v) is 22.8. The Labute approximate surface area is 658 Å². The predicted octanol–water partition coefficient (Wildman–Crippen LogP) is 26.7. The van der Waals surface area contributed by atoms with Gasteiger partial charge < -0.3 is 33.8 Å². The Bertz CT molecular complexity index is 2080. The molecule has 0 aliphatic heterocycles. The minimum Gasteiger partial charge on any atom is -0.462 e. The molecule has 19 heteroatoms. The number of aliphatic hydroxyl groups excluding tert-OH is 1. The number of esters is 4. The van der Waals surface area contributed by atoms with Crippen LogP contribution in [0, 0.1) is 23.7 Å². The van der Waals surface area contributed by atoms with Crippen molar-refractivity contribution < 1.29 is 80.2 Å². The molecule has 0 aromatic rings. The SMILES string of the molecule is CCC(C)CCCCCCCCCCCCCCCCCCCCC(=O)O[C@H](COC(=O)CCCCCCCCCCCCCCCCCCCCC(C)C)COP(=O)(O)OC[C@@H](O)COP(=O)(O)OC[C@@H](COC(=O)CCCCCCCCC(C)C)OC(=O)CCCCCCCCCCCCCCC(C)C. The van der Waals surface area contributed by atoms with Gasteiger partial charge >= 0.3 is 39.5 Å². The van der Waals surface area contributed by atoms with Crippen molar-refractivity contribution in [2.75, 3.05) is 39.6 Å². The number of aliphatic hydroxyl groups is 1. The Hall–Kier alpha value is -1.94. The van der Waals surface area contributed by atoms with E-state index in [1.165, 1.54) is 257 Å². The van der Waals surface area contributed by atoms with Crippen LogP contribution in [0.3, 0.4) is 0 Å². The lowest BCUT2D eigenvalue weighted by Crippen LogP contribution is -2.30. The first-order valence-electron chi connectivity index (χ1n) is 45.2. The molecule has 107 heavy (non-hydrogen) atoms. The van der Waals surface area contributed by atoms with E-state index in [9.17, 15) is 43.2 Å². The number of hydrogen-bond donors (Lipinski definition) is 3. The van der Waals surface area contributed by atoms with Crippen molar-refractivity contribution in [2.24, 2.45) is 23.7 Å². The molecule has 0 heterocycles. The summed E-state index contributed by atoms with van der Waals surface area (Å²) in [5, 5.41) is 10.7. The van der Waals surface area contributed by atoms with Crippen LogP contribution in [0.1, 0.15) is 460 Å². The van der Waals surface area contributed by atoms with Gasteiger partial charge in [-0.05, 0) is 49.4 Å². The maximum atomic E-state index is 13.2. The molecule has 17 nitrogen and oxygen atoms in total. The van der Waals surface area contributed by atoms with Crippen LogP contribution >= 0.6 is 15.6 Å². The van der Waals surface area contributed by atoms with Crippen molar-refractivity contribution in [3.05, 3.63) is 0 Å². The van der Waals surface area contributed by atoms with Crippen LogP contribution in [0.2, 0.25) is 0 Å². The normalized spacial score (nSPS) is 14.1. The Morgan fingerprint density at radius 3 is 0.664 bits per heavy atom. The summed E-state index contributed by atoms with van der Waals surface area (Å²) >= 11 is 0. The minimum absolute atomic E-state index is 0.106. The highest BCUT2D eigenvalue weighted by molar-refractivity contribution is 7.47. The fourth-order valence-electron chi connectivity index (χ4n) is 13.6. The summed E-state index contributed by atoms with van der Waals surface area (Å²) < 4.78 is 68.9. The molecule has 0 saturated heterocycles. The van der Waals surface area contributed by atoms with E-state index in [0.717, 1.165) is 114 Å². The number of phosphoric ester groups is 2. The Kier molecular flexibility index (Phi) is 75.3. The third kappa shape index (κ3) is 80.5. The fraction of sp³-hybridized carbons (Fsp3) is 0.955.